The van der Waals surface area contributed by atoms with Crippen molar-refractivity contribution in [3.05, 3.63) is 59.4 Å². The van der Waals surface area contributed by atoms with Gasteiger partial charge >= 0.3 is 0 Å². The first kappa shape index (κ1) is 19.9. The number of rotatable bonds is 5. The lowest BCUT2D eigenvalue weighted by molar-refractivity contribution is 0.0954. The number of piperazine rings is 1. The Bertz CT molecular complexity index is 805. The highest BCUT2D eigenvalue weighted by Crippen LogP contribution is 2.20. The van der Waals surface area contributed by atoms with E-state index in [2.05, 4.69) is 36.5 Å². The molecule has 1 fully saturated rings. The van der Waals surface area contributed by atoms with Gasteiger partial charge in [-0.2, -0.15) is 0 Å². The molecule has 0 aliphatic carbocycles. The summed E-state index contributed by atoms with van der Waals surface area (Å²) in [6.45, 7) is 4.66. The predicted molar refractivity (Wildman–Crippen MR) is 113 cm³/mol. The second-order valence-electron chi connectivity index (χ2n) is 6.43. The van der Waals surface area contributed by atoms with Crippen LogP contribution in [-0.4, -0.2) is 68.1 Å². The van der Waals surface area contributed by atoms with E-state index in [1.807, 2.05) is 18.2 Å². The number of anilines is 1. The Morgan fingerprint density at radius 2 is 1.93 bits per heavy atom. The first-order chi connectivity index (χ1) is 13.7. The lowest BCUT2D eigenvalue weighted by atomic mass is 10.2. The number of benzene rings is 1. The molecule has 148 valence electrons. The average molecular weight is 401 g/mol. The van der Waals surface area contributed by atoms with E-state index in [4.69, 9.17) is 11.6 Å². The summed E-state index contributed by atoms with van der Waals surface area (Å²) in [7, 11) is 1.78. The van der Waals surface area contributed by atoms with E-state index >= 15 is 0 Å². The molecule has 3 rings (SSSR count). The molecule has 1 aliphatic rings. The van der Waals surface area contributed by atoms with Gasteiger partial charge in [-0.05, 0) is 30.3 Å². The van der Waals surface area contributed by atoms with Crippen molar-refractivity contribution in [3.63, 3.8) is 0 Å². The molecule has 0 saturated carbocycles. The zero-order valence-electron chi connectivity index (χ0n) is 15.9. The molecule has 0 bridgehead atoms. The summed E-state index contributed by atoms with van der Waals surface area (Å²) in [4.78, 5) is 24.9. The van der Waals surface area contributed by atoms with Crippen molar-refractivity contribution < 1.29 is 4.79 Å². The third-order valence-corrected chi connectivity index (χ3v) is 4.82. The second kappa shape index (κ2) is 9.94. The minimum atomic E-state index is -0.125. The molecule has 7 nitrogen and oxygen atoms in total. The Morgan fingerprint density at radius 1 is 1.14 bits per heavy atom. The number of carbonyl (C=O) groups is 1. The van der Waals surface area contributed by atoms with Crippen LogP contribution in [0.5, 0.6) is 0 Å². The molecule has 0 spiro atoms. The van der Waals surface area contributed by atoms with Crippen LogP contribution in [0.4, 0.5) is 5.69 Å². The van der Waals surface area contributed by atoms with Crippen LogP contribution < -0.4 is 15.5 Å². The van der Waals surface area contributed by atoms with Crippen molar-refractivity contribution in [2.75, 3.05) is 51.2 Å². The van der Waals surface area contributed by atoms with Crippen molar-refractivity contribution in [2.45, 2.75) is 0 Å². The van der Waals surface area contributed by atoms with Gasteiger partial charge in [-0.25, -0.2) is 0 Å². The fourth-order valence-corrected chi connectivity index (χ4v) is 3.32. The molecule has 2 heterocycles. The molecule has 1 aliphatic heterocycles. The van der Waals surface area contributed by atoms with Crippen LogP contribution in [0.1, 0.15) is 10.4 Å². The molecule has 1 amide bonds. The maximum absolute atomic E-state index is 12.0. The number of hydrogen-bond acceptors (Lipinski definition) is 4. The van der Waals surface area contributed by atoms with Gasteiger partial charge in [0.25, 0.3) is 5.91 Å². The summed E-state index contributed by atoms with van der Waals surface area (Å²) < 4.78 is 0. The van der Waals surface area contributed by atoms with Gasteiger partial charge in [-0.15, -0.1) is 0 Å². The van der Waals surface area contributed by atoms with Crippen LogP contribution in [-0.2, 0) is 0 Å². The minimum Gasteiger partial charge on any atom is -0.368 e. The van der Waals surface area contributed by atoms with Crippen LogP contribution in [0.3, 0.4) is 0 Å². The maximum atomic E-state index is 12.0. The van der Waals surface area contributed by atoms with Crippen molar-refractivity contribution in [2.24, 2.45) is 4.99 Å². The van der Waals surface area contributed by atoms with Crippen LogP contribution in [0.15, 0.2) is 53.8 Å². The Kier molecular flexibility index (Phi) is 7.08. The molecule has 1 aromatic carbocycles. The largest absolute Gasteiger partial charge is 0.368 e. The molecule has 0 atom stereocenters. The van der Waals surface area contributed by atoms with E-state index in [0.717, 1.165) is 42.8 Å². The summed E-state index contributed by atoms with van der Waals surface area (Å²) in [5.41, 5.74) is 1.71. The lowest BCUT2D eigenvalue weighted by Crippen LogP contribution is -2.53. The zero-order valence-corrected chi connectivity index (χ0v) is 16.7. The van der Waals surface area contributed by atoms with Gasteiger partial charge in [0, 0.05) is 69.4 Å². The van der Waals surface area contributed by atoms with E-state index in [1.54, 1.807) is 31.6 Å². The monoisotopic (exact) mass is 400 g/mol. The molecule has 0 unspecified atom stereocenters. The SMILES string of the molecule is CN=C(NCCNC(=O)c1cccnc1)N1CCN(c2cccc(Cl)c2)CC1. The van der Waals surface area contributed by atoms with Crippen LogP contribution >= 0.6 is 11.6 Å². The summed E-state index contributed by atoms with van der Waals surface area (Å²) in [6, 6.07) is 11.4. The van der Waals surface area contributed by atoms with Gasteiger partial charge in [0.2, 0.25) is 0 Å². The maximum Gasteiger partial charge on any atom is 0.252 e. The number of aromatic nitrogens is 1. The van der Waals surface area contributed by atoms with E-state index in [1.165, 1.54) is 0 Å². The summed E-state index contributed by atoms with van der Waals surface area (Å²) in [5, 5.41) is 6.95. The normalized spacial score (nSPS) is 14.7. The molecule has 8 heteroatoms. The predicted octanol–water partition coefficient (Wildman–Crippen LogP) is 1.86. The number of carbonyl (C=O) groups excluding carboxylic acids is 1. The van der Waals surface area contributed by atoms with Crippen molar-refractivity contribution in [1.82, 2.24) is 20.5 Å². The molecule has 28 heavy (non-hydrogen) atoms. The second-order valence-corrected chi connectivity index (χ2v) is 6.86. The van der Waals surface area contributed by atoms with Gasteiger partial charge in [0.1, 0.15) is 0 Å². The van der Waals surface area contributed by atoms with E-state index in [-0.39, 0.29) is 5.91 Å². The number of nitrogens with zero attached hydrogens (tertiary/aromatic N) is 4. The van der Waals surface area contributed by atoms with Crippen LogP contribution in [0.2, 0.25) is 5.02 Å². The van der Waals surface area contributed by atoms with Gasteiger partial charge in [0.15, 0.2) is 5.96 Å². The Hall–Kier alpha value is -2.80. The minimum absolute atomic E-state index is 0.125. The van der Waals surface area contributed by atoms with Crippen molar-refractivity contribution in [3.8, 4) is 0 Å². The van der Waals surface area contributed by atoms with Gasteiger partial charge in [-0.1, -0.05) is 17.7 Å². The quantitative estimate of drug-likeness (QED) is 0.455. The molecule has 2 aromatic rings. The average Bonchev–Trinajstić information content (AvgIpc) is 2.74. The fraction of sp³-hybridized carbons (Fsp3) is 0.350. The van der Waals surface area contributed by atoms with Crippen LogP contribution in [0.25, 0.3) is 0 Å². The Balaban J connectivity index is 1.42. The van der Waals surface area contributed by atoms with E-state index in [9.17, 15) is 4.79 Å². The standard InChI is InChI=1S/C20H25ClN6O/c1-22-20(25-9-8-24-19(28)16-4-3-7-23-15-16)27-12-10-26(11-13-27)18-6-2-5-17(21)14-18/h2-7,14-15H,8-13H2,1H3,(H,22,25)(H,24,28). The van der Waals surface area contributed by atoms with Crippen molar-refractivity contribution in [1.29, 1.82) is 0 Å². The summed E-state index contributed by atoms with van der Waals surface area (Å²) >= 11 is 6.10. The first-order valence-electron chi connectivity index (χ1n) is 9.31. The van der Waals surface area contributed by atoms with Gasteiger partial charge < -0.3 is 20.4 Å². The highest BCUT2D eigenvalue weighted by atomic mass is 35.5. The first-order valence-corrected chi connectivity index (χ1v) is 9.69. The fourth-order valence-electron chi connectivity index (χ4n) is 3.13. The molecular formula is C20H25ClN6O. The number of nitrogens with one attached hydrogen (secondary N) is 2. The number of hydrogen-bond donors (Lipinski definition) is 2. The molecule has 1 saturated heterocycles. The highest BCUT2D eigenvalue weighted by Gasteiger charge is 2.19. The number of halogens is 1. The Labute approximate surface area is 170 Å². The number of amides is 1. The Morgan fingerprint density at radius 3 is 2.61 bits per heavy atom. The number of pyridine rings is 1. The topological polar surface area (TPSA) is 72.9 Å². The molecule has 1 aromatic heterocycles. The lowest BCUT2D eigenvalue weighted by Gasteiger charge is -2.37. The smallest absolute Gasteiger partial charge is 0.252 e. The van der Waals surface area contributed by atoms with E-state index < -0.39 is 0 Å². The molecule has 2 N–H and O–H groups in total. The summed E-state index contributed by atoms with van der Waals surface area (Å²) in [6.07, 6.45) is 3.20. The zero-order chi connectivity index (χ0) is 19.8. The third kappa shape index (κ3) is 5.36. The van der Waals surface area contributed by atoms with E-state index in [0.29, 0.717) is 18.7 Å². The summed E-state index contributed by atoms with van der Waals surface area (Å²) in [5.74, 6) is 0.724. The number of guanidine groups is 1. The van der Waals surface area contributed by atoms with Crippen LogP contribution in [0, 0.1) is 0 Å². The van der Waals surface area contributed by atoms with Crippen molar-refractivity contribution >= 4 is 29.2 Å². The van der Waals surface area contributed by atoms with Gasteiger partial charge in [0.05, 0.1) is 5.56 Å². The van der Waals surface area contributed by atoms with Gasteiger partial charge in [-0.3, -0.25) is 14.8 Å². The molecular weight excluding hydrogens is 376 g/mol. The molecule has 0 radical (unpaired) electrons. The highest BCUT2D eigenvalue weighted by molar-refractivity contribution is 6.30. The number of aliphatic imine (C=N–C) groups is 1. The third-order valence-electron chi connectivity index (χ3n) is 4.58.